The van der Waals surface area contributed by atoms with E-state index < -0.39 is 5.97 Å². The second kappa shape index (κ2) is 13.0. The summed E-state index contributed by atoms with van der Waals surface area (Å²) < 4.78 is 28.0. The van der Waals surface area contributed by atoms with Gasteiger partial charge in [0.25, 0.3) is 0 Å². The minimum atomic E-state index is -0.635. The SMILES string of the molecule is COc1ccc(/C(=C/c2c(Cl)cncc2Cl)OC(=O)c2ccc(OC)c(OCc3ccccc3)c2)cc1OC. The van der Waals surface area contributed by atoms with Crippen molar-refractivity contribution in [2.75, 3.05) is 21.3 Å². The molecule has 9 heteroatoms. The number of ether oxygens (including phenoxy) is 5. The topological polar surface area (TPSA) is 76.1 Å². The summed E-state index contributed by atoms with van der Waals surface area (Å²) in [6.07, 6.45) is 4.47. The van der Waals surface area contributed by atoms with Crippen molar-refractivity contribution in [2.45, 2.75) is 6.61 Å². The monoisotopic (exact) mass is 565 g/mol. The Morgan fingerprint density at radius 1 is 0.769 bits per heavy atom. The van der Waals surface area contributed by atoms with Crippen LogP contribution >= 0.6 is 23.2 Å². The zero-order chi connectivity index (χ0) is 27.8. The van der Waals surface area contributed by atoms with E-state index in [1.165, 1.54) is 33.7 Å². The molecule has 0 aliphatic carbocycles. The first-order valence-corrected chi connectivity index (χ1v) is 12.5. The number of halogens is 2. The molecule has 4 aromatic rings. The van der Waals surface area contributed by atoms with Gasteiger partial charge < -0.3 is 23.7 Å². The third kappa shape index (κ3) is 6.82. The average Bonchev–Trinajstić information content (AvgIpc) is 2.97. The number of rotatable bonds is 10. The standard InChI is InChI=1S/C30H25Cl2NO6/c1-35-25-11-9-20(13-28(25)37-3)27(15-22-23(31)16-33-17-24(22)32)39-30(34)21-10-12-26(36-2)29(14-21)38-18-19-7-5-4-6-8-19/h4-17H,18H2,1-3H3/b27-15-. The van der Waals surface area contributed by atoms with Gasteiger partial charge in [-0.3, -0.25) is 4.98 Å². The van der Waals surface area contributed by atoms with Gasteiger partial charge in [-0.25, -0.2) is 4.79 Å². The van der Waals surface area contributed by atoms with Crippen LogP contribution in [0.1, 0.15) is 27.0 Å². The number of methoxy groups -OCH3 is 3. The number of carbonyl (C=O) groups excluding carboxylic acids is 1. The quantitative estimate of drug-likeness (QED) is 0.147. The highest BCUT2D eigenvalue weighted by Crippen LogP contribution is 2.35. The van der Waals surface area contributed by atoms with E-state index in [2.05, 4.69) is 4.98 Å². The van der Waals surface area contributed by atoms with Crippen molar-refractivity contribution in [3.05, 3.63) is 111 Å². The van der Waals surface area contributed by atoms with E-state index in [0.29, 0.717) is 40.7 Å². The number of carbonyl (C=O) groups is 1. The van der Waals surface area contributed by atoms with Crippen molar-refractivity contribution in [3.8, 4) is 23.0 Å². The largest absolute Gasteiger partial charge is 0.493 e. The van der Waals surface area contributed by atoms with Crippen LogP contribution in [0, 0.1) is 0 Å². The first-order valence-electron chi connectivity index (χ1n) is 11.7. The maximum atomic E-state index is 13.4. The molecule has 0 aliphatic heterocycles. The van der Waals surface area contributed by atoms with Crippen molar-refractivity contribution >= 4 is 41.0 Å². The van der Waals surface area contributed by atoms with Crippen LogP contribution in [0.2, 0.25) is 10.0 Å². The van der Waals surface area contributed by atoms with Gasteiger partial charge in [0.1, 0.15) is 12.4 Å². The van der Waals surface area contributed by atoms with Crippen LogP contribution in [-0.4, -0.2) is 32.3 Å². The fourth-order valence-electron chi connectivity index (χ4n) is 3.66. The summed E-state index contributed by atoms with van der Waals surface area (Å²) in [6.45, 7) is 0.297. The molecule has 0 fully saturated rings. The van der Waals surface area contributed by atoms with E-state index in [0.717, 1.165) is 5.56 Å². The molecule has 0 saturated heterocycles. The van der Waals surface area contributed by atoms with E-state index in [4.69, 9.17) is 46.9 Å². The van der Waals surface area contributed by atoms with E-state index in [1.807, 2.05) is 30.3 Å². The summed E-state index contributed by atoms with van der Waals surface area (Å²) in [5, 5.41) is 0.579. The Bertz CT molecular complexity index is 1470. The predicted octanol–water partition coefficient (Wildman–Crippen LogP) is 7.35. The van der Waals surface area contributed by atoms with Crippen LogP contribution in [-0.2, 0) is 11.3 Å². The maximum Gasteiger partial charge on any atom is 0.343 e. The van der Waals surface area contributed by atoms with Gasteiger partial charge in [-0.1, -0.05) is 53.5 Å². The summed E-state index contributed by atoms with van der Waals surface area (Å²) >= 11 is 12.7. The number of esters is 1. The number of benzene rings is 3. The lowest BCUT2D eigenvalue weighted by Gasteiger charge is -2.15. The smallest absolute Gasteiger partial charge is 0.343 e. The van der Waals surface area contributed by atoms with Crippen LogP contribution in [0.4, 0.5) is 0 Å². The summed E-state index contributed by atoms with van der Waals surface area (Å²) in [7, 11) is 4.58. The first-order chi connectivity index (χ1) is 18.9. The molecule has 0 radical (unpaired) electrons. The van der Waals surface area contributed by atoms with Gasteiger partial charge in [0.2, 0.25) is 0 Å². The molecule has 1 heterocycles. The van der Waals surface area contributed by atoms with Crippen molar-refractivity contribution in [1.29, 1.82) is 0 Å². The number of pyridine rings is 1. The molecule has 0 spiro atoms. The van der Waals surface area contributed by atoms with Crippen LogP contribution in [0.25, 0.3) is 11.8 Å². The highest BCUT2D eigenvalue weighted by molar-refractivity contribution is 6.37. The normalized spacial score (nSPS) is 11.1. The van der Waals surface area contributed by atoms with Gasteiger partial charge in [-0.2, -0.15) is 0 Å². The highest BCUT2D eigenvalue weighted by atomic mass is 35.5. The van der Waals surface area contributed by atoms with E-state index >= 15 is 0 Å². The molecule has 39 heavy (non-hydrogen) atoms. The van der Waals surface area contributed by atoms with E-state index in [-0.39, 0.29) is 21.4 Å². The van der Waals surface area contributed by atoms with E-state index in [1.54, 1.807) is 42.5 Å². The maximum absolute atomic E-state index is 13.4. The second-order valence-electron chi connectivity index (χ2n) is 8.12. The van der Waals surface area contributed by atoms with Crippen molar-refractivity contribution < 1.29 is 28.5 Å². The lowest BCUT2D eigenvalue weighted by molar-refractivity contribution is 0.0693. The molecule has 200 valence electrons. The molecular formula is C30H25Cl2NO6. The molecule has 0 bridgehead atoms. The van der Waals surface area contributed by atoms with Gasteiger partial charge in [0, 0.05) is 23.5 Å². The Labute approximate surface area is 236 Å². The Morgan fingerprint density at radius 3 is 2.00 bits per heavy atom. The lowest BCUT2D eigenvalue weighted by atomic mass is 10.1. The van der Waals surface area contributed by atoms with Gasteiger partial charge >= 0.3 is 5.97 Å². The third-order valence-corrected chi connectivity index (χ3v) is 6.28. The Kier molecular flexibility index (Phi) is 9.31. The summed E-state index contributed by atoms with van der Waals surface area (Å²) in [6, 6.07) is 19.6. The molecule has 7 nitrogen and oxygen atoms in total. The number of hydrogen-bond donors (Lipinski definition) is 0. The van der Waals surface area contributed by atoms with Gasteiger partial charge in [0.05, 0.1) is 36.9 Å². The minimum absolute atomic E-state index is 0.179. The second-order valence-corrected chi connectivity index (χ2v) is 8.94. The molecular weight excluding hydrogens is 541 g/mol. The summed E-state index contributed by atoms with van der Waals surface area (Å²) in [5.41, 5.74) is 2.18. The van der Waals surface area contributed by atoms with Crippen molar-refractivity contribution in [3.63, 3.8) is 0 Å². The number of hydrogen-bond acceptors (Lipinski definition) is 7. The van der Waals surface area contributed by atoms with E-state index in [9.17, 15) is 4.79 Å². The van der Waals surface area contributed by atoms with Crippen LogP contribution in [0.5, 0.6) is 23.0 Å². The van der Waals surface area contributed by atoms with Crippen LogP contribution in [0.15, 0.2) is 79.1 Å². The molecule has 0 amide bonds. The lowest BCUT2D eigenvalue weighted by Crippen LogP contribution is -2.07. The molecule has 0 N–H and O–H groups in total. The average molecular weight is 566 g/mol. The highest BCUT2D eigenvalue weighted by Gasteiger charge is 2.18. The molecule has 0 atom stereocenters. The fraction of sp³-hybridized carbons (Fsp3) is 0.133. The van der Waals surface area contributed by atoms with Gasteiger partial charge in [-0.05, 0) is 48.0 Å². The Balaban J connectivity index is 1.69. The van der Waals surface area contributed by atoms with Gasteiger partial charge in [-0.15, -0.1) is 0 Å². The van der Waals surface area contributed by atoms with Crippen LogP contribution < -0.4 is 18.9 Å². The molecule has 0 aliphatic rings. The Hall–Kier alpha value is -4.20. The fourth-order valence-corrected chi connectivity index (χ4v) is 4.14. The number of nitrogens with zero attached hydrogens (tertiary/aromatic N) is 1. The minimum Gasteiger partial charge on any atom is -0.493 e. The summed E-state index contributed by atoms with van der Waals surface area (Å²) in [4.78, 5) is 17.4. The number of aromatic nitrogens is 1. The molecule has 4 rings (SSSR count). The van der Waals surface area contributed by atoms with Crippen molar-refractivity contribution in [2.24, 2.45) is 0 Å². The molecule has 0 saturated carbocycles. The predicted molar refractivity (Wildman–Crippen MR) is 151 cm³/mol. The van der Waals surface area contributed by atoms with Crippen molar-refractivity contribution in [1.82, 2.24) is 4.98 Å². The van der Waals surface area contributed by atoms with Gasteiger partial charge in [0.15, 0.2) is 23.0 Å². The zero-order valence-electron chi connectivity index (χ0n) is 21.4. The zero-order valence-corrected chi connectivity index (χ0v) is 23.0. The molecule has 3 aromatic carbocycles. The summed E-state index contributed by atoms with van der Waals surface area (Å²) in [5.74, 6) is 1.39. The molecule has 0 unspecified atom stereocenters. The molecule has 1 aromatic heterocycles. The third-order valence-electron chi connectivity index (χ3n) is 5.67. The van der Waals surface area contributed by atoms with Crippen LogP contribution in [0.3, 0.4) is 0 Å². The Morgan fingerprint density at radius 2 is 1.36 bits per heavy atom. The first kappa shape index (κ1) is 27.8.